The van der Waals surface area contributed by atoms with Gasteiger partial charge in [-0.15, -0.1) is 11.8 Å². The number of carbonyl (C=O) groups is 4. The highest BCUT2D eigenvalue weighted by atomic mass is 79.9. The minimum absolute atomic E-state index is 0.0566. The molecule has 0 bridgehead atoms. The van der Waals surface area contributed by atoms with Gasteiger partial charge in [0.15, 0.2) is 5.69 Å². The molecule has 2 atom stereocenters. The Kier molecular flexibility index (Phi) is 6.92. The van der Waals surface area contributed by atoms with Crippen LogP contribution in [-0.4, -0.2) is 67.3 Å². The van der Waals surface area contributed by atoms with Crippen molar-refractivity contribution in [2.24, 2.45) is 0 Å². The average molecular weight is 581 g/mol. The van der Waals surface area contributed by atoms with Crippen LogP contribution in [0.1, 0.15) is 43.5 Å². The molecule has 0 spiro atoms. The highest BCUT2D eigenvalue weighted by molar-refractivity contribution is 9.10. The first-order valence-corrected chi connectivity index (χ1v) is 12.4. The predicted octanol–water partition coefficient (Wildman–Crippen LogP) is 2.23. The summed E-state index contributed by atoms with van der Waals surface area (Å²) in [6.45, 7) is 0.807. The maximum Gasteiger partial charge on any atom is 0.436 e. The minimum atomic E-state index is -4.64. The van der Waals surface area contributed by atoms with Crippen LogP contribution in [0.3, 0.4) is 0 Å². The van der Waals surface area contributed by atoms with Crippen molar-refractivity contribution in [3.63, 3.8) is 0 Å². The van der Waals surface area contributed by atoms with Gasteiger partial charge in [0.25, 0.3) is 5.91 Å². The molecule has 1 saturated carbocycles. The Labute approximate surface area is 209 Å². The lowest BCUT2D eigenvalue weighted by Crippen LogP contribution is -2.70. The fraction of sp³-hybridized carbons (Fsp3) is 0.550. The first-order chi connectivity index (χ1) is 16.4. The number of hydrogen-bond acceptors (Lipinski definition) is 7. The van der Waals surface area contributed by atoms with Gasteiger partial charge in [-0.3, -0.25) is 24.0 Å². The summed E-state index contributed by atoms with van der Waals surface area (Å²) in [5.74, 6) is -3.02. The quantitative estimate of drug-likeness (QED) is 0.353. The number of halogens is 4. The van der Waals surface area contributed by atoms with Gasteiger partial charge in [-0.05, 0) is 28.8 Å². The number of thioether (sulfide) groups is 1. The largest absolute Gasteiger partial charge is 0.477 e. The van der Waals surface area contributed by atoms with Gasteiger partial charge in [0.2, 0.25) is 5.91 Å². The van der Waals surface area contributed by atoms with E-state index in [1.807, 2.05) is 0 Å². The minimum Gasteiger partial charge on any atom is -0.477 e. The highest BCUT2D eigenvalue weighted by Crippen LogP contribution is 2.47. The number of carboxylic acid groups (broad SMARTS) is 1. The maximum atomic E-state index is 13.3. The van der Waals surface area contributed by atoms with Crippen LogP contribution in [0.15, 0.2) is 15.7 Å². The summed E-state index contributed by atoms with van der Waals surface area (Å²) in [7, 11) is 0. The number of esters is 1. The highest BCUT2D eigenvalue weighted by Gasteiger charge is 2.54. The number of aromatic nitrogens is 2. The number of ether oxygens (including phenoxy) is 1. The van der Waals surface area contributed by atoms with E-state index in [0.29, 0.717) is 5.69 Å². The van der Waals surface area contributed by atoms with E-state index in [9.17, 15) is 37.5 Å². The molecule has 10 nitrogen and oxygen atoms in total. The smallest absolute Gasteiger partial charge is 0.436 e. The third-order valence-corrected chi connectivity index (χ3v) is 7.85. The van der Waals surface area contributed by atoms with Gasteiger partial charge in [0.05, 0.1) is 16.7 Å². The van der Waals surface area contributed by atoms with Gasteiger partial charge in [-0.1, -0.05) is 0 Å². The lowest BCUT2D eigenvalue weighted by Gasteiger charge is -2.49. The van der Waals surface area contributed by atoms with E-state index in [1.54, 1.807) is 0 Å². The zero-order chi connectivity index (χ0) is 25.7. The Morgan fingerprint density at radius 2 is 2.00 bits per heavy atom. The van der Waals surface area contributed by atoms with Crippen molar-refractivity contribution in [1.82, 2.24) is 20.0 Å². The topological polar surface area (TPSA) is 131 Å². The molecule has 1 saturated heterocycles. The molecule has 1 aromatic heterocycles. The fourth-order valence-electron chi connectivity index (χ4n) is 3.99. The van der Waals surface area contributed by atoms with Crippen LogP contribution in [0, 0.1) is 0 Å². The van der Waals surface area contributed by atoms with E-state index in [1.165, 1.54) is 23.4 Å². The molecule has 2 amide bonds. The Morgan fingerprint density at radius 3 is 2.57 bits per heavy atom. The Bertz CT molecular complexity index is 1130. The first-order valence-electron chi connectivity index (χ1n) is 10.6. The number of aliphatic carboxylic acids is 1. The van der Waals surface area contributed by atoms with Gasteiger partial charge in [0.1, 0.15) is 23.7 Å². The fourth-order valence-corrected chi connectivity index (χ4v) is 6.15. The number of carboxylic acids is 1. The van der Waals surface area contributed by atoms with Crippen LogP contribution in [0.2, 0.25) is 0 Å². The van der Waals surface area contributed by atoms with Crippen molar-refractivity contribution in [2.75, 3.05) is 12.4 Å². The summed E-state index contributed by atoms with van der Waals surface area (Å²) in [6, 6.07) is -0.977. The molecular formula is C20H20BrF3N4O6S. The van der Waals surface area contributed by atoms with Gasteiger partial charge in [0, 0.05) is 30.6 Å². The van der Waals surface area contributed by atoms with E-state index in [0.717, 1.165) is 17.7 Å². The second kappa shape index (κ2) is 9.48. The van der Waals surface area contributed by atoms with Crippen LogP contribution in [-0.2, 0) is 36.6 Å². The third kappa shape index (κ3) is 5.06. The molecule has 1 aliphatic carbocycles. The number of carbonyl (C=O) groups excluding carboxylic acids is 3. The SMILES string of the molecule is CC(=O)OCC1=C(C(=O)O)N2C(=O)[C@H](NC(=O)CCn3nc(C(F)(F)F)c(Br)c3C3CC3)[C@H]2SC1. The third-order valence-electron chi connectivity index (χ3n) is 5.73. The predicted molar refractivity (Wildman–Crippen MR) is 118 cm³/mol. The molecule has 4 rings (SSSR count). The molecular weight excluding hydrogens is 561 g/mol. The molecule has 2 aliphatic heterocycles. The number of alkyl halides is 3. The molecule has 3 heterocycles. The molecule has 1 aromatic rings. The van der Waals surface area contributed by atoms with Crippen molar-refractivity contribution < 1.29 is 42.2 Å². The molecule has 35 heavy (non-hydrogen) atoms. The van der Waals surface area contributed by atoms with Crippen molar-refractivity contribution in [2.45, 2.75) is 56.2 Å². The number of hydrogen-bond donors (Lipinski definition) is 2. The van der Waals surface area contributed by atoms with E-state index in [4.69, 9.17) is 4.74 Å². The first kappa shape index (κ1) is 25.5. The molecule has 0 radical (unpaired) electrons. The molecule has 15 heteroatoms. The molecule has 0 aromatic carbocycles. The summed E-state index contributed by atoms with van der Waals surface area (Å²) in [6.07, 6.45) is -3.39. The Hall–Kier alpha value is -2.55. The van der Waals surface area contributed by atoms with Crippen LogP contribution < -0.4 is 5.32 Å². The van der Waals surface area contributed by atoms with E-state index in [-0.39, 0.29) is 47.0 Å². The average Bonchev–Trinajstić information content (AvgIpc) is 3.55. The molecule has 2 fully saturated rings. The number of nitrogens with zero attached hydrogens (tertiary/aromatic N) is 3. The summed E-state index contributed by atoms with van der Waals surface area (Å²) in [4.78, 5) is 49.0. The number of amides is 2. The Balaban J connectivity index is 1.41. The number of rotatable bonds is 8. The zero-order valence-corrected chi connectivity index (χ0v) is 20.6. The Morgan fingerprint density at radius 1 is 1.31 bits per heavy atom. The number of aryl methyl sites for hydroxylation is 1. The maximum absolute atomic E-state index is 13.3. The van der Waals surface area contributed by atoms with Crippen LogP contribution in [0.5, 0.6) is 0 Å². The van der Waals surface area contributed by atoms with Gasteiger partial charge >= 0.3 is 18.1 Å². The number of nitrogens with one attached hydrogen (secondary N) is 1. The monoisotopic (exact) mass is 580 g/mol. The van der Waals surface area contributed by atoms with Gasteiger partial charge in [-0.25, -0.2) is 4.79 Å². The van der Waals surface area contributed by atoms with Crippen LogP contribution in [0.25, 0.3) is 0 Å². The van der Waals surface area contributed by atoms with E-state index < -0.39 is 47.0 Å². The van der Waals surface area contributed by atoms with Crippen LogP contribution >= 0.6 is 27.7 Å². The van der Waals surface area contributed by atoms with Crippen molar-refractivity contribution >= 4 is 51.4 Å². The second-order valence-corrected chi connectivity index (χ2v) is 10.2. The molecule has 0 unspecified atom stereocenters. The van der Waals surface area contributed by atoms with Crippen molar-refractivity contribution in [1.29, 1.82) is 0 Å². The molecule has 190 valence electrons. The van der Waals surface area contributed by atoms with E-state index in [2.05, 4.69) is 26.3 Å². The lowest BCUT2D eigenvalue weighted by molar-refractivity contribution is -0.151. The summed E-state index contributed by atoms with van der Waals surface area (Å²) in [5, 5.41) is 15.1. The van der Waals surface area contributed by atoms with Gasteiger partial charge < -0.3 is 15.2 Å². The van der Waals surface area contributed by atoms with E-state index >= 15 is 0 Å². The normalized spacial score (nSPS) is 22.0. The standard InChI is InChI=1S/C20H20BrF3N4O6S/c1-8(29)34-6-10-7-35-18-13(17(31)28(18)15(10)19(32)33)25-11(30)4-5-27-14(9-2-3-9)12(21)16(26-27)20(22,23)24/h9,13,18H,2-7H2,1H3,(H,25,30)(H,32,33)/t13-,18+/m0/s1. The summed E-state index contributed by atoms with van der Waals surface area (Å²) < 4.78 is 45.7. The van der Waals surface area contributed by atoms with Crippen LogP contribution in [0.4, 0.5) is 13.2 Å². The summed E-state index contributed by atoms with van der Waals surface area (Å²) >= 11 is 4.21. The lowest BCUT2D eigenvalue weighted by atomic mass is 10.0. The van der Waals surface area contributed by atoms with Crippen molar-refractivity contribution in [3.8, 4) is 0 Å². The summed E-state index contributed by atoms with van der Waals surface area (Å²) in [5.41, 5.74) is -0.652. The van der Waals surface area contributed by atoms with Crippen molar-refractivity contribution in [3.05, 3.63) is 27.1 Å². The molecule has 2 N–H and O–H groups in total. The number of β-lactam (4-membered cyclic amide) rings is 1. The second-order valence-electron chi connectivity index (χ2n) is 8.29. The van der Waals surface area contributed by atoms with Gasteiger partial charge in [-0.2, -0.15) is 18.3 Å². The molecule has 3 aliphatic rings. The zero-order valence-electron chi connectivity index (χ0n) is 18.2. The number of fused-ring (bicyclic) bond motifs is 1.